The Hall–Kier alpha value is -3.10. The Bertz CT molecular complexity index is 980. The van der Waals surface area contributed by atoms with Crippen LogP contribution in [0.2, 0.25) is 0 Å². The summed E-state index contributed by atoms with van der Waals surface area (Å²) >= 11 is 1.39. The summed E-state index contributed by atoms with van der Waals surface area (Å²) in [4.78, 5) is 31.7. The molecule has 0 saturated heterocycles. The van der Waals surface area contributed by atoms with Crippen LogP contribution in [-0.2, 0) is 11.3 Å². The highest BCUT2D eigenvalue weighted by Gasteiger charge is 2.13. The number of hydrogen-bond donors (Lipinski definition) is 2. The first kappa shape index (κ1) is 21.6. The Balaban J connectivity index is 1.59. The summed E-state index contributed by atoms with van der Waals surface area (Å²) in [5.74, 6) is -0.194. The summed E-state index contributed by atoms with van der Waals surface area (Å²) in [5, 5.41) is 8.55. The summed E-state index contributed by atoms with van der Waals surface area (Å²) in [6, 6.07) is 7.69. The van der Waals surface area contributed by atoms with Gasteiger partial charge in [0.05, 0.1) is 5.69 Å². The van der Waals surface area contributed by atoms with E-state index in [4.69, 9.17) is 0 Å². The molecule has 1 atom stereocenters. The number of thiazole rings is 1. The highest BCUT2D eigenvalue weighted by molar-refractivity contribution is 7.14. The van der Waals surface area contributed by atoms with Crippen LogP contribution in [0.15, 0.2) is 54.3 Å². The lowest BCUT2D eigenvalue weighted by molar-refractivity contribution is -0.107. The van der Waals surface area contributed by atoms with E-state index >= 15 is 0 Å². The van der Waals surface area contributed by atoms with Crippen LogP contribution in [0.25, 0.3) is 6.08 Å². The molecule has 2 N–H and O–H groups in total. The second-order valence-corrected chi connectivity index (χ2v) is 7.62. The summed E-state index contributed by atoms with van der Waals surface area (Å²) in [6.07, 6.45) is 12.6. The molecule has 3 aromatic heterocycles. The first-order valence-electron chi connectivity index (χ1n) is 9.79. The second-order valence-electron chi connectivity index (χ2n) is 6.76. The van der Waals surface area contributed by atoms with Gasteiger partial charge in [-0.3, -0.25) is 15.1 Å². The molecule has 0 aliphatic heterocycles. The number of anilines is 1. The molecule has 8 heteroatoms. The van der Waals surface area contributed by atoms with Crippen molar-refractivity contribution in [1.82, 2.24) is 19.9 Å². The molecule has 0 saturated carbocycles. The molecule has 3 aromatic rings. The average molecular weight is 424 g/mol. The normalized spacial score (nSPS) is 12.2. The van der Waals surface area contributed by atoms with Gasteiger partial charge in [-0.05, 0) is 55.8 Å². The molecule has 0 fully saturated rings. The fourth-order valence-corrected chi connectivity index (χ4v) is 3.67. The zero-order valence-corrected chi connectivity index (χ0v) is 17.6. The van der Waals surface area contributed by atoms with E-state index in [9.17, 15) is 9.59 Å². The number of aromatic nitrogens is 3. The van der Waals surface area contributed by atoms with Gasteiger partial charge in [-0.2, -0.15) is 0 Å². The maximum Gasteiger partial charge on any atom is 0.274 e. The summed E-state index contributed by atoms with van der Waals surface area (Å²) in [5.41, 5.74) is 2.44. The molecule has 3 heterocycles. The van der Waals surface area contributed by atoms with E-state index in [0.717, 1.165) is 30.4 Å². The first-order chi connectivity index (χ1) is 14.7. The topological polar surface area (TPSA) is 88.9 Å². The first-order valence-corrected chi connectivity index (χ1v) is 10.7. The number of nitrogens with one attached hydrogen (secondary N) is 2. The molecule has 7 nitrogen and oxygen atoms in total. The van der Waals surface area contributed by atoms with Crippen molar-refractivity contribution < 1.29 is 9.59 Å². The lowest BCUT2D eigenvalue weighted by Crippen LogP contribution is -2.22. The monoisotopic (exact) mass is 423 g/mol. The van der Waals surface area contributed by atoms with Gasteiger partial charge < -0.3 is 14.7 Å². The molecule has 1 unspecified atom stereocenters. The van der Waals surface area contributed by atoms with Crippen LogP contribution < -0.4 is 10.6 Å². The predicted octanol–water partition coefficient (Wildman–Crippen LogP) is 3.61. The molecule has 1 amide bonds. The van der Waals surface area contributed by atoms with Gasteiger partial charge in [0.15, 0.2) is 5.13 Å². The quantitative estimate of drug-likeness (QED) is 0.363. The zero-order valence-electron chi connectivity index (χ0n) is 16.8. The third-order valence-corrected chi connectivity index (χ3v) is 5.39. The number of nitrogens with zero attached hydrogens (tertiary/aromatic N) is 3. The molecule has 0 radical (unpaired) electrons. The van der Waals surface area contributed by atoms with E-state index < -0.39 is 0 Å². The molecule has 156 valence electrons. The van der Waals surface area contributed by atoms with Gasteiger partial charge in [-0.1, -0.05) is 6.08 Å². The van der Waals surface area contributed by atoms with Crippen molar-refractivity contribution in [3.63, 3.8) is 0 Å². The van der Waals surface area contributed by atoms with E-state index in [1.807, 2.05) is 53.5 Å². The van der Waals surface area contributed by atoms with Crippen LogP contribution in [0.1, 0.15) is 41.0 Å². The van der Waals surface area contributed by atoms with Crippen LogP contribution in [-0.4, -0.2) is 39.8 Å². The van der Waals surface area contributed by atoms with Crippen LogP contribution >= 0.6 is 11.3 Å². The number of carbonyl (C=O) groups excluding carboxylic acids is 2. The SMILES string of the molecule is CNC(/C=C/c1csc(NC(=O)c2cccn2Cc2ccncc2)n1)CCCC=O. The van der Waals surface area contributed by atoms with Gasteiger partial charge >= 0.3 is 0 Å². The van der Waals surface area contributed by atoms with Gasteiger partial charge in [0.2, 0.25) is 0 Å². The summed E-state index contributed by atoms with van der Waals surface area (Å²) in [6.45, 7) is 0.597. The van der Waals surface area contributed by atoms with Crippen LogP contribution in [0.5, 0.6) is 0 Å². The van der Waals surface area contributed by atoms with Crippen molar-refractivity contribution in [3.05, 3.63) is 71.3 Å². The molecule has 0 aliphatic carbocycles. The Morgan fingerprint density at radius 1 is 1.30 bits per heavy atom. The van der Waals surface area contributed by atoms with Crippen molar-refractivity contribution >= 4 is 34.7 Å². The smallest absolute Gasteiger partial charge is 0.274 e. The Morgan fingerprint density at radius 3 is 2.90 bits per heavy atom. The average Bonchev–Trinajstić information content (AvgIpc) is 3.41. The number of likely N-dealkylation sites (N-methyl/N-ethyl adjacent to an activating group) is 1. The molecular formula is C22H25N5O2S. The Morgan fingerprint density at radius 2 is 2.13 bits per heavy atom. The van der Waals surface area contributed by atoms with E-state index in [1.165, 1.54) is 11.3 Å². The number of aldehydes is 1. The fraction of sp³-hybridized carbons (Fsp3) is 0.273. The van der Waals surface area contributed by atoms with Gasteiger partial charge in [-0.25, -0.2) is 4.98 Å². The summed E-state index contributed by atoms with van der Waals surface area (Å²) < 4.78 is 1.90. The van der Waals surface area contributed by atoms with Gasteiger partial charge in [0.1, 0.15) is 12.0 Å². The molecule has 0 aromatic carbocycles. The maximum atomic E-state index is 12.7. The van der Waals surface area contributed by atoms with Gasteiger partial charge in [-0.15, -0.1) is 11.3 Å². The maximum absolute atomic E-state index is 12.7. The minimum Gasteiger partial charge on any atom is -0.339 e. The minimum absolute atomic E-state index is 0.182. The van der Waals surface area contributed by atoms with E-state index in [2.05, 4.69) is 20.6 Å². The molecular weight excluding hydrogens is 398 g/mol. The number of amides is 1. The van der Waals surface area contributed by atoms with Crippen LogP contribution in [0, 0.1) is 0 Å². The second kappa shape index (κ2) is 11.2. The van der Waals surface area contributed by atoms with Crippen molar-refractivity contribution in [3.8, 4) is 0 Å². The highest BCUT2D eigenvalue weighted by atomic mass is 32.1. The van der Waals surface area contributed by atoms with Crippen molar-refractivity contribution in [2.24, 2.45) is 0 Å². The molecule has 0 aliphatic rings. The Labute approximate surface area is 179 Å². The minimum atomic E-state index is -0.194. The van der Waals surface area contributed by atoms with Gasteiger partial charge in [0, 0.05) is 43.0 Å². The van der Waals surface area contributed by atoms with Crippen LogP contribution in [0.3, 0.4) is 0 Å². The number of carbonyl (C=O) groups is 2. The molecule has 0 bridgehead atoms. The zero-order chi connectivity index (χ0) is 21.2. The lowest BCUT2D eigenvalue weighted by atomic mass is 10.1. The third-order valence-electron chi connectivity index (χ3n) is 4.61. The van der Waals surface area contributed by atoms with E-state index in [-0.39, 0.29) is 11.9 Å². The molecule has 30 heavy (non-hydrogen) atoms. The molecule has 3 rings (SSSR count). The number of unbranched alkanes of at least 4 members (excludes halogenated alkanes) is 1. The van der Waals surface area contributed by atoms with Crippen LogP contribution in [0.4, 0.5) is 5.13 Å². The van der Waals surface area contributed by atoms with Crippen molar-refractivity contribution in [2.75, 3.05) is 12.4 Å². The standard InChI is InChI=1S/C22H25N5O2S/c1-23-18(5-2-3-14-28)7-8-19-16-30-22(25-19)26-21(29)20-6-4-13-27(20)15-17-9-11-24-12-10-17/h4,6-14,16,18,23H,2-3,5,15H2,1H3,(H,25,26,29)/b8-7+. The van der Waals surface area contributed by atoms with E-state index in [0.29, 0.717) is 23.8 Å². The third kappa shape index (κ3) is 6.20. The van der Waals surface area contributed by atoms with Gasteiger partial charge in [0.25, 0.3) is 5.91 Å². The van der Waals surface area contributed by atoms with E-state index in [1.54, 1.807) is 18.5 Å². The fourth-order valence-electron chi connectivity index (χ4n) is 3.00. The number of rotatable bonds is 11. The van der Waals surface area contributed by atoms with Crippen molar-refractivity contribution in [2.45, 2.75) is 31.8 Å². The molecule has 0 spiro atoms. The van der Waals surface area contributed by atoms with Crippen molar-refractivity contribution in [1.29, 1.82) is 0 Å². The number of hydrogen-bond acceptors (Lipinski definition) is 6. The largest absolute Gasteiger partial charge is 0.339 e. The highest BCUT2D eigenvalue weighted by Crippen LogP contribution is 2.18. The predicted molar refractivity (Wildman–Crippen MR) is 120 cm³/mol. The Kier molecular flexibility index (Phi) is 8.05. The number of pyridine rings is 1. The lowest BCUT2D eigenvalue weighted by Gasteiger charge is -2.09. The summed E-state index contributed by atoms with van der Waals surface area (Å²) in [7, 11) is 1.89.